The summed E-state index contributed by atoms with van der Waals surface area (Å²) >= 11 is 7.00. The number of nitrogens with two attached hydrogens (primary N) is 1. The van der Waals surface area contributed by atoms with Crippen LogP contribution in [-0.4, -0.2) is 14.2 Å². The Bertz CT molecular complexity index is 659. The topological polar surface area (TPSA) is 44.5 Å². The molecule has 0 aliphatic rings. The number of halogens is 2. The first-order chi connectivity index (χ1) is 9.97. The summed E-state index contributed by atoms with van der Waals surface area (Å²) in [6.45, 7) is 2.04. The van der Waals surface area contributed by atoms with Gasteiger partial charge in [-0.2, -0.15) is 0 Å². The van der Waals surface area contributed by atoms with Gasteiger partial charge in [0.2, 0.25) is 0 Å². The van der Waals surface area contributed by atoms with E-state index in [0.717, 1.165) is 31.6 Å². The summed E-state index contributed by atoms with van der Waals surface area (Å²) in [5, 5.41) is 0. The monoisotopic (exact) mass is 413 g/mol. The predicted octanol–water partition coefficient (Wildman–Crippen LogP) is 4.59. The Labute approximate surface area is 141 Å². The molecular weight excluding hydrogens is 398 g/mol. The van der Waals surface area contributed by atoms with Crippen molar-refractivity contribution in [1.82, 2.24) is 0 Å². The van der Waals surface area contributed by atoms with Gasteiger partial charge in [0, 0.05) is 10.0 Å². The normalized spacial score (nSPS) is 12.1. The number of ether oxygens (including phenoxy) is 2. The van der Waals surface area contributed by atoms with E-state index < -0.39 is 0 Å². The Hall–Kier alpha value is -1.04. The first kappa shape index (κ1) is 16.3. The molecule has 0 aliphatic carbocycles. The number of hydrogen-bond acceptors (Lipinski definition) is 3. The van der Waals surface area contributed by atoms with Crippen LogP contribution in [0, 0.1) is 6.92 Å². The zero-order chi connectivity index (χ0) is 15.6. The van der Waals surface area contributed by atoms with E-state index in [4.69, 9.17) is 15.2 Å². The van der Waals surface area contributed by atoms with E-state index in [1.54, 1.807) is 14.2 Å². The van der Waals surface area contributed by atoms with Crippen LogP contribution in [0.3, 0.4) is 0 Å². The summed E-state index contributed by atoms with van der Waals surface area (Å²) in [6.07, 6.45) is 0. The van der Waals surface area contributed by atoms with Gasteiger partial charge in [0.05, 0.1) is 24.7 Å². The van der Waals surface area contributed by atoms with Crippen LogP contribution in [-0.2, 0) is 0 Å². The van der Waals surface area contributed by atoms with Crippen molar-refractivity contribution < 1.29 is 9.47 Å². The van der Waals surface area contributed by atoms with Gasteiger partial charge in [0.1, 0.15) is 11.5 Å². The zero-order valence-electron chi connectivity index (χ0n) is 12.1. The summed E-state index contributed by atoms with van der Waals surface area (Å²) < 4.78 is 12.7. The van der Waals surface area contributed by atoms with Crippen molar-refractivity contribution in [3.05, 3.63) is 56.0 Å². The Morgan fingerprint density at radius 3 is 2.19 bits per heavy atom. The number of rotatable bonds is 4. The third-order valence-electron chi connectivity index (χ3n) is 3.39. The highest BCUT2D eigenvalue weighted by Crippen LogP contribution is 2.37. The minimum absolute atomic E-state index is 0.293. The molecule has 0 aromatic heterocycles. The van der Waals surface area contributed by atoms with E-state index in [1.807, 2.05) is 37.3 Å². The number of hydrogen-bond donors (Lipinski definition) is 1. The average molecular weight is 415 g/mol. The van der Waals surface area contributed by atoms with Crippen LogP contribution in [0.5, 0.6) is 11.5 Å². The molecule has 21 heavy (non-hydrogen) atoms. The summed E-state index contributed by atoms with van der Waals surface area (Å²) in [5.41, 5.74) is 9.48. The van der Waals surface area contributed by atoms with Crippen molar-refractivity contribution >= 4 is 31.9 Å². The second kappa shape index (κ2) is 6.81. The smallest absolute Gasteiger partial charge is 0.133 e. The van der Waals surface area contributed by atoms with E-state index in [1.165, 1.54) is 5.56 Å². The maximum absolute atomic E-state index is 6.41. The zero-order valence-corrected chi connectivity index (χ0v) is 15.3. The third kappa shape index (κ3) is 3.42. The van der Waals surface area contributed by atoms with Crippen LogP contribution >= 0.6 is 31.9 Å². The van der Waals surface area contributed by atoms with Crippen LogP contribution in [0.15, 0.2) is 39.3 Å². The molecule has 2 N–H and O–H groups in total. The molecule has 0 bridgehead atoms. The lowest BCUT2D eigenvalue weighted by Crippen LogP contribution is -2.13. The Morgan fingerprint density at radius 1 is 0.952 bits per heavy atom. The predicted molar refractivity (Wildman–Crippen MR) is 92.2 cm³/mol. The third-order valence-corrected chi connectivity index (χ3v) is 4.87. The van der Waals surface area contributed by atoms with Crippen molar-refractivity contribution in [2.45, 2.75) is 13.0 Å². The lowest BCUT2D eigenvalue weighted by Gasteiger charge is -2.18. The lowest BCUT2D eigenvalue weighted by atomic mass is 9.97. The van der Waals surface area contributed by atoms with E-state index in [9.17, 15) is 0 Å². The quantitative estimate of drug-likeness (QED) is 0.795. The average Bonchev–Trinajstić information content (AvgIpc) is 2.49. The molecule has 0 amide bonds. The summed E-state index contributed by atoms with van der Waals surface area (Å²) in [5.74, 6) is 1.46. The van der Waals surface area contributed by atoms with Gasteiger partial charge in [-0.15, -0.1) is 0 Å². The molecular formula is C16H17Br2NO2. The molecule has 1 atom stereocenters. The van der Waals surface area contributed by atoms with Gasteiger partial charge in [-0.05, 0) is 52.2 Å². The van der Waals surface area contributed by atoms with Crippen LogP contribution in [0.2, 0.25) is 0 Å². The summed E-state index contributed by atoms with van der Waals surface area (Å²) in [6, 6.07) is 9.59. The second-order valence-electron chi connectivity index (χ2n) is 4.71. The minimum atomic E-state index is -0.293. The van der Waals surface area contributed by atoms with Gasteiger partial charge in [-0.3, -0.25) is 0 Å². The molecule has 0 fully saturated rings. The summed E-state index contributed by atoms with van der Waals surface area (Å²) in [4.78, 5) is 0. The van der Waals surface area contributed by atoms with Crippen LogP contribution < -0.4 is 15.2 Å². The van der Waals surface area contributed by atoms with Gasteiger partial charge in [0.15, 0.2) is 0 Å². The maximum atomic E-state index is 6.41. The van der Waals surface area contributed by atoms with Crippen molar-refractivity contribution in [2.24, 2.45) is 5.73 Å². The Morgan fingerprint density at radius 2 is 1.62 bits per heavy atom. The van der Waals surface area contributed by atoms with E-state index in [2.05, 4.69) is 31.9 Å². The van der Waals surface area contributed by atoms with Gasteiger partial charge in [-0.25, -0.2) is 0 Å². The number of methoxy groups -OCH3 is 2. The minimum Gasteiger partial charge on any atom is -0.496 e. The van der Waals surface area contributed by atoms with Gasteiger partial charge in [0.25, 0.3) is 0 Å². The fourth-order valence-electron chi connectivity index (χ4n) is 2.11. The first-order valence-corrected chi connectivity index (χ1v) is 7.99. The van der Waals surface area contributed by atoms with Gasteiger partial charge >= 0.3 is 0 Å². The van der Waals surface area contributed by atoms with E-state index >= 15 is 0 Å². The molecule has 2 rings (SSSR count). The molecule has 0 heterocycles. The molecule has 5 heteroatoms. The van der Waals surface area contributed by atoms with Gasteiger partial charge in [-0.1, -0.05) is 28.1 Å². The molecule has 0 saturated carbocycles. The van der Waals surface area contributed by atoms with E-state index in [0.29, 0.717) is 0 Å². The molecule has 3 nitrogen and oxygen atoms in total. The molecule has 0 radical (unpaired) electrons. The van der Waals surface area contributed by atoms with Crippen molar-refractivity contribution in [3.8, 4) is 11.5 Å². The fourth-order valence-corrected chi connectivity index (χ4v) is 2.99. The standard InChI is InChI=1S/C16H17Br2NO2/c1-9-4-5-10(6-12(9)17)16(19)11-7-15(21-3)13(18)8-14(11)20-2/h4-8,16H,19H2,1-3H3. The number of benzene rings is 2. The van der Waals surface area contributed by atoms with Crippen molar-refractivity contribution in [2.75, 3.05) is 14.2 Å². The molecule has 2 aromatic carbocycles. The highest BCUT2D eigenvalue weighted by Gasteiger charge is 2.18. The lowest BCUT2D eigenvalue weighted by molar-refractivity contribution is 0.395. The fraction of sp³-hybridized carbons (Fsp3) is 0.250. The van der Waals surface area contributed by atoms with Crippen LogP contribution in [0.1, 0.15) is 22.7 Å². The molecule has 112 valence electrons. The van der Waals surface area contributed by atoms with Crippen LogP contribution in [0.25, 0.3) is 0 Å². The molecule has 2 aromatic rings. The largest absolute Gasteiger partial charge is 0.496 e. The highest BCUT2D eigenvalue weighted by molar-refractivity contribution is 9.10. The maximum Gasteiger partial charge on any atom is 0.133 e. The highest BCUT2D eigenvalue weighted by atomic mass is 79.9. The summed E-state index contributed by atoms with van der Waals surface area (Å²) in [7, 11) is 3.26. The molecule has 0 saturated heterocycles. The Kier molecular flexibility index (Phi) is 5.30. The second-order valence-corrected chi connectivity index (χ2v) is 6.42. The SMILES string of the molecule is COc1cc(C(N)c2ccc(C)c(Br)c2)c(OC)cc1Br. The van der Waals surface area contributed by atoms with Crippen molar-refractivity contribution in [3.63, 3.8) is 0 Å². The molecule has 0 spiro atoms. The molecule has 0 aliphatic heterocycles. The van der Waals surface area contributed by atoms with Gasteiger partial charge < -0.3 is 15.2 Å². The van der Waals surface area contributed by atoms with Crippen LogP contribution in [0.4, 0.5) is 0 Å². The number of aryl methyl sites for hydroxylation is 1. The van der Waals surface area contributed by atoms with Crippen molar-refractivity contribution in [1.29, 1.82) is 0 Å². The first-order valence-electron chi connectivity index (χ1n) is 6.41. The van der Waals surface area contributed by atoms with E-state index in [-0.39, 0.29) is 6.04 Å². The Balaban J connectivity index is 2.50. The molecule has 1 unspecified atom stereocenters.